The number of ether oxygens (including phenoxy) is 1. The molecule has 0 aliphatic heterocycles. The zero-order chi connectivity index (χ0) is 15.2. The maximum atomic E-state index is 6.09. The molecule has 1 N–H and O–H groups in total. The van der Waals surface area contributed by atoms with Crippen LogP contribution in [-0.2, 0) is 6.54 Å². The molecule has 3 heteroatoms. The van der Waals surface area contributed by atoms with E-state index in [-0.39, 0.29) is 5.54 Å². The molecular formula is C17H28BrNO. The first-order valence-electron chi connectivity index (χ1n) is 7.52. The van der Waals surface area contributed by atoms with Gasteiger partial charge in [-0.1, -0.05) is 38.8 Å². The van der Waals surface area contributed by atoms with Crippen molar-refractivity contribution in [2.45, 2.75) is 59.5 Å². The van der Waals surface area contributed by atoms with E-state index in [1.807, 2.05) is 6.07 Å². The molecule has 0 atom stereocenters. The van der Waals surface area contributed by atoms with E-state index in [1.54, 1.807) is 0 Å². The van der Waals surface area contributed by atoms with E-state index in [9.17, 15) is 0 Å². The van der Waals surface area contributed by atoms with Crippen molar-refractivity contribution >= 4 is 15.9 Å². The highest BCUT2D eigenvalue weighted by atomic mass is 79.9. The minimum atomic E-state index is 0.106. The number of nitrogens with one attached hydrogen (secondary N) is 1. The van der Waals surface area contributed by atoms with Crippen LogP contribution < -0.4 is 10.1 Å². The zero-order valence-corrected chi connectivity index (χ0v) is 15.0. The predicted octanol–water partition coefficient (Wildman–Crippen LogP) is 5.15. The van der Waals surface area contributed by atoms with E-state index >= 15 is 0 Å². The van der Waals surface area contributed by atoms with Gasteiger partial charge in [0.05, 0.1) is 11.1 Å². The van der Waals surface area contributed by atoms with Crippen LogP contribution >= 0.6 is 15.9 Å². The lowest BCUT2D eigenvalue weighted by Crippen LogP contribution is -2.35. The average Bonchev–Trinajstić information content (AvgIpc) is 2.38. The summed E-state index contributed by atoms with van der Waals surface area (Å²) >= 11 is 3.61. The van der Waals surface area contributed by atoms with Gasteiger partial charge in [-0.2, -0.15) is 0 Å². The number of halogens is 1. The lowest BCUT2D eigenvalue weighted by Gasteiger charge is -2.23. The predicted molar refractivity (Wildman–Crippen MR) is 90.3 cm³/mol. The molecule has 0 aromatic heterocycles. The maximum absolute atomic E-state index is 6.09. The summed E-state index contributed by atoms with van der Waals surface area (Å²) < 4.78 is 7.13. The van der Waals surface area contributed by atoms with Crippen LogP contribution in [0.25, 0.3) is 0 Å². The van der Waals surface area contributed by atoms with Gasteiger partial charge < -0.3 is 10.1 Å². The summed E-state index contributed by atoms with van der Waals surface area (Å²) in [6, 6.07) is 6.24. The fraction of sp³-hybridized carbons (Fsp3) is 0.647. The van der Waals surface area contributed by atoms with Gasteiger partial charge in [-0.25, -0.2) is 0 Å². The van der Waals surface area contributed by atoms with Gasteiger partial charge in [0, 0.05) is 17.6 Å². The Kier molecular flexibility index (Phi) is 7.04. The molecule has 2 nitrogen and oxygen atoms in total. The van der Waals surface area contributed by atoms with E-state index in [2.05, 4.69) is 68.0 Å². The van der Waals surface area contributed by atoms with E-state index in [4.69, 9.17) is 4.74 Å². The first-order chi connectivity index (χ1) is 9.37. The molecule has 0 heterocycles. The van der Waals surface area contributed by atoms with Crippen LogP contribution in [0.15, 0.2) is 22.7 Å². The Morgan fingerprint density at radius 2 is 1.85 bits per heavy atom. The molecule has 0 saturated heterocycles. The van der Waals surface area contributed by atoms with E-state index in [0.29, 0.717) is 5.92 Å². The van der Waals surface area contributed by atoms with Crippen LogP contribution in [0.1, 0.15) is 53.0 Å². The van der Waals surface area contributed by atoms with Gasteiger partial charge in [0.1, 0.15) is 5.75 Å². The highest BCUT2D eigenvalue weighted by Gasteiger charge is 2.14. The third-order valence-electron chi connectivity index (χ3n) is 3.48. The van der Waals surface area contributed by atoms with Gasteiger partial charge in [0.2, 0.25) is 0 Å². The van der Waals surface area contributed by atoms with Crippen LogP contribution in [0.4, 0.5) is 0 Å². The largest absolute Gasteiger partial charge is 0.492 e. The monoisotopic (exact) mass is 341 g/mol. The van der Waals surface area contributed by atoms with Crippen LogP contribution in [0.3, 0.4) is 0 Å². The van der Waals surface area contributed by atoms with Gasteiger partial charge in [0.15, 0.2) is 0 Å². The molecule has 0 unspecified atom stereocenters. The smallest absolute Gasteiger partial charge is 0.137 e. The van der Waals surface area contributed by atoms with Crippen LogP contribution in [-0.4, -0.2) is 12.1 Å². The Labute approximate surface area is 132 Å². The number of rotatable bonds is 7. The molecular weight excluding hydrogens is 314 g/mol. The normalized spacial score (nSPS) is 11.9. The molecule has 1 rings (SSSR count). The van der Waals surface area contributed by atoms with Crippen molar-refractivity contribution in [2.75, 3.05) is 6.61 Å². The Bertz CT molecular complexity index is 408. The minimum absolute atomic E-state index is 0.106. The summed E-state index contributed by atoms with van der Waals surface area (Å²) in [5, 5.41) is 3.52. The van der Waals surface area contributed by atoms with Gasteiger partial charge in [-0.05, 0) is 48.7 Å². The minimum Gasteiger partial charge on any atom is -0.492 e. The van der Waals surface area contributed by atoms with Crippen molar-refractivity contribution in [1.29, 1.82) is 0 Å². The molecule has 114 valence electrons. The zero-order valence-electron chi connectivity index (χ0n) is 13.4. The summed E-state index contributed by atoms with van der Waals surface area (Å²) in [6.07, 6.45) is 2.33. The highest BCUT2D eigenvalue weighted by Crippen LogP contribution is 2.30. The number of hydrogen-bond acceptors (Lipinski definition) is 2. The third-order valence-corrected chi connectivity index (χ3v) is 4.10. The highest BCUT2D eigenvalue weighted by molar-refractivity contribution is 9.10. The molecule has 0 fully saturated rings. The van der Waals surface area contributed by atoms with Crippen LogP contribution in [0.5, 0.6) is 5.75 Å². The van der Waals surface area contributed by atoms with Crippen LogP contribution in [0.2, 0.25) is 0 Å². The topological polar surface area (TPSA) is 21.3 Å². The molecule has 0 amide bonds. The Hall–Kier alpha value is -0.540. The van der Waals surface area contributed by atoms with E-state index in [1.165, 1.54) is 5.56 Å². The molecule has 20 heavy (non-hydrogen) atoms. The fourth-order valence-electron chi connectivity index (χ4n) is 1.94. The second-order valence-corrected chi connectivity index (χ2v) is 7.18. The number of para-hydroxylation sites is 1. The van der Waals surface area contributed by atoms with Crippen molar-refractivity contribution in [2.24, 2.45) is 5.92 Å². The SMILES string of the molecule is CCC(CC)COc1c(Br)cccc1CNC(C)(C)C. The molecule has 1 aromatic rings. The van der Waals surface area contributed by atoms with Crippen molar-refractivity contribution < 1.29 is 4.74 Å². The molecule has 0 radical (unpaired) electrons. The standard InChI is InChI=1S/C17H28BrNO/c1-6-13(7-2)12-20-16-14(9-8-10-15(16)18)11-19-17(3,4)5/h8-10,13,19H,6-7,11-12H2,1-5H3. The summed E-state index contributed by atoms with van der Waals surface area (Å²) in [6.45, 7) is 12.6. The fourth-order valence-corrected chi connectivity index (χ4v) is 2.46. The summed E-state index contributed by atoms with van der Waals surface area (Å²) in [7, 11) is 0. The first kappa shape index (κ1) is 17.5. The lowest BCUT2D eigenvalue weighted by atomic mass is 10.1. The molecule has 0 saturated carbocycles. The van der Waals surface area contributed by atoms with Crippen molar-refractivity contribution in [3.63, 3.8) is 0 Å². The quantitative estimate of drug-likeness (QED) is 0.740. The molecule has 1 aromatic carbocycles. The third kappa shape index (κ3) is 5.84. The number of hydrogen-bond donors (Lipinski definition) is 1. The Morgan fingerprint density at radius 1 is 1.20 bits per heavy atom. The van der Waals surface area contributed by atoms with E-state index in [0.717, 1.165) is 36.2 Å². The molecule has 0 spiro atoms. The molecule has 0 aliphatic rings. The van der Waals surface area contributed by atoms with Crippen molar-refractivity contribution in [1.82, 2.24) is 5.32 Å². The lowest BCUT2D eigenvalue weighted by molar-refractivity contribution is 0.236. The Morgan fingerprint density at radius 3 is 2.40 bits per heavy atom. The first-order valence-corrected chi connectivity index (χ1v) is 8.31. The molecule has 0 aliphatic carbocycles. The summed E-state index contributed by atoms with van der Waals surface area (Å²) in [4.78, 5) is 0. The van der Waals surface area contributed by atoms with Crippen molar-refractivity contribution in [3.8, 4) is 5.75 Å². The summed E-state index contributed by atoms with van der Waals surface area (Å²) in [5.41, 5.74) is 1.31. The van der Waals surface area contributed by atoms with Gasteiger partial charge in [-0.3, -0.25) is 0 Å². The number of benzene rings is 1. The maximum Gasteiger partial charge on any atom is 0.137 e. The second-order valence-electron chi connectivity index (χ2n) is 6.33. The Balaban J connectivity index is 2.77. The average molecular weight is 342 g/mol. The summed E-state index contributed by atoms with van der Waals surface area (Å²) in [5.74, 6) is 1.61. The van der Waals surface area contributed by atoms with Crippen molar-refractivity contribution in [3.05, 3.63) is 28.2 Å². The second kappa shape index (κ2) is 8.04. The van der Waals surface area contributed by atoms with Gasteiger partial charge in [0.25, 0.3) is 0 Å². The van der Waals surface area contributed by atoms with Gasteiger partial charge >= 0.3 is 0 Å². The van der Waals surface area contributed by atoms with Gasteiger partial charge in [-0.15, -0.1) is 0 Å². The van der Waals surface area contributed by atoms with Crippen LogP contribution in [0, 0.1) is 5.92 Å². The van der Waals surface area contributed by atoms with E-state index < -0.39 is 0 Å². The molecule has 0 bridgehead atoms.